The first-order valence-corrected chi connectivity index (χ1v) is 7.42. The summed E-state index contributed by atoms with van der Waals surface area (Å²) in [4.78, 5) is 2.53. The van der Waals surface area contributed by atoms with Crippen molar-refractivity contribution in [3.63, 3.8) is 0 Å². The zero-order valence-corrected chi connectivity index (χ0v) is 12.5. The van der Waals surface area contributed by atoms with Crippen LogP contribution in [0.25, 0.3) is 0 Å². The van der Waals surface area contributed by atoms with Crippen LogP contribution in [0.5, 0.6) is 0 Å². The molecule has 0 aromatic heterocycles. The molecule has 1 aromatic rings. The lowest BCUT2D eigenvalue weighted by molar-refractivity contribution is 0.0898. The van der Waals surface area contributed by atoms with Crippen molar-refractivity contribution >= 4 is 0 Å². The van der Waals surface area contributed by atoms with Crippen molar-refractivity contribution in [3.8, 4) is 0 Å². The molecule has 0 aliphatic carbocycles. The topological polar surface area (TPSA) is 23.5 Å². The lowest BCUT2D eigenvalue weighted by Gasteiger charge is -2.40. The van der Waals surface area contributed by atoms with Crippen LogP contribution in [0, 0.1) is 11.8 Å². The fourth-order valence-corrected chi connectivity index (χ4v) is 3.49. The monoisotopic (exact) mass is 261 g/mol. The molecule has 2 rings (SSSR count). The molecule has 0 spiro atoms. The van der Waals surface area contributed by atoms with E-state index in [1.54, 1.807) is 0 Å². The summed E-state index contributed by atoms with van der Waals surface area (Å²) in [6, 6.07) is 10.4. The Morgan fingerprint density at radius 3 is 2.26 bits per heavy atom. The standard InChI is InChI=1S/C17H27NO/c1-14-9-15(2)11-18(10-14)12-17(3,13-19)16-7-5-4-6-8-16/h4-8,14-15,19H,9-13H2,1-3H3. The molecule has 19 heavy (non-hydrogen) atoms. The molecular weight excluding hydrogens is 234 g/mol. The Bertz CT molecular complexity index is 382. The van der Waals surface area contributed by atoms with Gasteiger partial charge in [0, 0.05) is 25.0 Å². The molecule has 0 amide bonds. The second-order valence-electron chi connectivity index (χ2n) is 6.72. The van der Waals surface area contributed by atoms with E-state index >= 15 is 0 Å². The highest BCUT2D eigenvalue weighted by atomic mass is 16.3. The van der Waals surface area contributed by atoms with Crippen LogP contribution in [0.15, 0.2) is 30.3 Å². The molecule has 0 bridgehead atoms. The zero-order valence-electron chi connectivity index (χ0n) is 12.5. The average Bonchev–Trinajstić information content (AvgIpc) is 2.38. The van der Waals surface area contributed by atoms with E-state index in [2.05, 4.69) is 49.9 Å². The molecule has 1 heterocycles. The van der Waals surface area contributed by atoms with E-state index in [1.165, 1.54) is 12.0 Å². The van der Waals surface area contributed by atoms with Gasteiger partial charge >= 0.3 is 0 Å². The van der Waals surface area contributed by atoms with E-state index < -0.39 is 0 Å². The first-order valence-electron chi connectivity index (χ1n) is 7.42. The molecule has 1 aliphatic heterocycles. The third kappa shape index (κ3) is 3.58. The summed E-state index contributed by atoms with van der Waals surface area (Å²) in [7, 11) is 0. The second-order valence-corrected chi connectivity index (χ2v) is 6.72. The number of piperidine rings is 1. The quantitative estimate of drug-likeness (QED) is 0.901. The highest BCUT2D eigenvalue weighted by Gasteiger charge is 2.31. The van der Waals surface area contributed by atoms with Crippen molar-refractivity contribution in [2.24, 2.45) is 11.8 Å². The van der Waals surface area contributed by atoms with Gasteiger partial charge in [-0.05, 0) is 23.8 Å². The highest BCUT2D eigenvalue weighted by Crippen LogP contribution is 2.28. The Labute approximate surface area is 117 Å². The molecule has 106 valence electrons. The number of rotatable bonds is 4. The number of hydrogen-bond acceptors (Lipinski definition) is 2. The van der Waals surface area contributed by atoms with Gasteiger partial charge in [-0.2, -0.15) is 0 Å². The summed E-state index contributed by atoms with van der Waals surface area (Å²) < 4.78 is 0. The predicted octanol–water partition coefficient (Wildman–Crippen LogP) is 2.91. The molecule has 2 nitrogen and oxygen atoms in total. The summed E-state index contributed by atoms with van der Waals surface area (Å²) in [5, 5.41) is 9.87. The van der Waals surface area contributed by atoms with E-state index in [4.69, 9.17) is 0 Å². The van der Waals surface area contributed by atoms with E-state index in [0.717, 1.165) is 31.5 Å². The maximum Gasteiger partial charge on any atom is 0.0537 e. The van der Waals surface area contributed by atoms with Crippen molar-refractivity contribution in [2.75, 3.05) is 26.2 Å². The fraction of sp³-hybridized carbons (Fsp3) is 0.647. The van der Waals surface area contributed by atoms with Gasteiger partial charge in [0.05, 0.1) is 6.61 Å². The molecule has 0 saturated carbocycles. The molecular formula is C17H27NO. The van der Waals surface area contributed by atoms with Crippen molar-refractivity contribution in [1.82, 2.24) is 4.90 Å². The Hall–Kier alpha value is -0.860. The minimum Gasteiger partial charge on any atom is -0.395 e. The van der Waals surface area contributed by atoms with E-state index in [-0.39, 0.29) is 12.0 Å². The smallest absolute Gasteiger partial charge is 0.0537 e. The van der Waals surface area contributed by atoms with Gasteiger partial charge in [-0.15, -0.1) is 0 Å². The fourth-order valence-electron chi connectivity index (χ4n) is 3.49. The molecule has 1 saturated heterocycles. The molecule has 3 atom stereocenters. The molecule has 1 N–H and O–H groups in total. The van der Waals surface area contributed by atoms with Gasteiger partial charge in [0.1, 0.15) is 0 Å². The summed E-state index contributed by atoms with van der Waals surface area (Å²) in [5.74, 6) is 1.53. The first-order chi connectivity index (χ1) is 9.03. The third-order valence-corrected chi connectivity index (χ3v) is 4.34. The van der Waals surface area contributed by atoms with E-state index in [0.29, 0.717) is 0 Å². The average molecular weight is 261 g/mol. The summed E-state index contributed by atoms with van der Waals surface area (Å²) >= 11 is 0. The lowest BCUT2D eigenvalue weighted by Crippen LogP contribution is -2.47. The summed E-state index contributed by atoms with van der Waals surface area (Å²) in [6.45, 7) is 10.3. The number of nitrogens with zero attached hydrogens (tertiary/aromatic N) is 1. The van der Waals surface area contributed by atoms with E-state index in [9.17, 15) is 5.11 Å². The molecule has 2 heteroatoms. The Morgan fingerprint density at radius 1 is 1.16 bits per heavy atom. The van der Waals surface area contributed by atoms with Gasteiger partial charge < -0.3 is 10.0 Å². The molecule has 0 radical (unpaired) electrons. The SMILES string of the molecule is CC1CC(C)CN(CC(C)(CO)c2ccccc2)C1. The predicted molar refractivity (Wildman–Crippen MR) is 80.3 cm³/mol. The lowest BCUT2D eigenvalue weighted by atomic mass is 9.81. The summed E-state index contributed by atoms with van der Waals surface area (Å²) in [6.07, 6.45) is 1.33. The van der Waals surface area contributed by atoms with Gasteiger partial charge in [0.25, 0.3) is 0 Å². The van der Waals surface area contributed by atoms with Crippen molar-refractivity contribution in [3.05, 3.63) is 35.9 Å². The largest absolute Gasteiger partial charge is 0.395 e. The van der Waals surface area contributed by atoms with Crippen LogP contribution in [-0.4, -0.2) is 36.2 Å². The van der Waals surface area contributed by atoms with Crippen LogP contribution < -0.4 is 0 Å². The van der Waals surface area contributed by atoms with Crippen LogP contribution in [0.4, 0.5) is 0 Å². The number of aliphatic hydroxyl groups excluding tert-OH is 1. The second kappa shape index (κ2) is 6.06. The maximum absolute atomic E-state index is 9.87. The van der Waals surface area contributed by atoms with Gasteiger partial charge in [-0.1, -0.05) is 51.1 Å². The van der Waals surface area contributed by atoms with Gasteiger partial charge in [-0.3, -0.25) is 0 Å². The van der Waals surface area contributed by atoms with Crippen molar-refractivity contribution in [2.45, 2.75) is 32.6 Å². The molecule has 1 fully saturated rings. The minimum atomic E-state index is -0.155. The summed E-state index contributed by atoms with van der Waals surface area (Å²) in [5.41, 5.74) is 1.08. The van der Waals surface area contributed by atoms with E-state index in [1.807, 2.05) is 6.07 Å². The normalized spacial score (nSPS) is 28.0. The third-order valence-electron chi connectivity index (χ3n) is 4.34. The zero-order chi connectivity index (χ0) is 13.9. The van der Waals surface area contributed by atoms with Crippen LogP contribution in [0.1, 0.15) is 32.8 Å². The van der Waals surface area contributed by atoms with Crippen LogP contribution >= 0.6 is 0 Å². The molecule has 3 unspecified atom stereocenters. The van der Waals surface area contributed by atoms with Crippen molar-refractivity contribution < 1.29 is 5.11 Å². The van der Waals surface area contributed by atoms with Crippen molar-refractivity contribution in [1.29, 1.82) is 0 Å². The van der Waals surface area contributed by atoms with Crippen LogP contribution in [0.3, 0.4) is 0 Å². The highest BCUT2D eigenvalue weighted by molar-refractivity contribution is 5.25. The number of aliphatic hydroxyl groups is 1. The minimum absolute atomic E-state index is 0.155. The van der Waals surface area contributed by atoms with Crippen LogP contribution in [0.2, 0.25) is 0 Å². The Balaban J connectivity index is 2.10. The molecule has 1 aliphatic rings. The van der Waals surface area contributed by atoms with Crippen LogP contribution in [-0.2, 0) is 5.41 Å². The Morgan fingerprint density at radius 2 is 1.74 bits per heavy atom. The Kier molecular flexibility index (Phi) is 4.64. The maximum atomic E-state index is 9.87. The van der Waals surface area contributed by atoms with Gasteiger partial charge in [0.15, 0.2) is 0 Å². The van der Waals surface area contributed by atoms with Gasteiger partial charge in [-0.25, -0.2) is 0 Å². The first kappa shape index (κ1) is 14.5. The number of hydrogen-bond donors (Lipinski definition) is 1. The number of benzene rings is 1. The molecule has 1 aromatic carbocycles. The van der Waals surface area contributed by atoms with Gasteiger partial charge in [0.2, 0.25) is 0 Å². The number of likely N-dealkylation sites (tertiary alicyclic amines) is 1.